The number of benzene rings is 4. The van der Waals surface area contributed by atoms with Gasteiger partial charge in [-0.2, -0.15) is 0 Å². The van der Waals surface area contributed by atoms with Crippen LogP contribution in [-0.2, 0) is 16.0 Å². The monoisotopic (exact) mass is 656 g/mol. The third-order valence-electron chi connectivity index (χ3n) is 8.98. The molecule has 0 N–H and O–H groups in total. The van der Waals surface area contributed by atoms with Crippen molar-refractivity contribution in [2.45, 2.75) is 44.0 Å². The molecule has 0 fully saturated rings. The maximum absolute atomic E-state index is 12.4. The van der Waals surface area contributed by atoms with E-state index >= 15 is 0 Å². The van der Waals surface area contributed by atoms with E-state index in [9.17, 15) is 4.79 Å². The van der Waals surface area contributed by atoms with E-state index in [1.807, 2.05) is 66.7 Å². The topological polar surface area (TPSA) is 100 Å². The number of methoxy groups -OCH3 is 6. The van der Waals surface area contributed by atoms with E-state index in [1.165, 1.54) is 6.92 Å². The van der Waals surface area contributed by atoms with Gasteiger partial charge >= 0.3 is 5.97 Å². The first-order valence-electron chi connectivity index (χ1n) is 15.6. The van der Waals surface area contributed by atoms with E-state index in [1.54, 1.807) is 42.7 Å². The number of esters is 1. The number of hydrogen-bond donors (Lipinski definition) is 0. The Labute approximate surface area is 280 Å². The average Bonchev–Trinajstić information content (AvgIpc) is 3.12. The maximum Gasteiger partial charge on any atom is 0.303 e. The Morgan fingerprint density at radius 2 is 1.33 bits per heavy atom. The van der Waals surface area contributed by atoms with Gasteiger partial charge in [-0.25, -0.2) is 0 Å². The first-order valence-corrected chi connectivity index (χ1v) is 15.6. The van der Waals surface area contributed by atoms with Gasteiger partial charge in [-0.3, -0.25) is 4.79 Å². The van der Waals surface area contributed by atoms with Gasteiger partial charge in [-0.05, 0) is 42.3 Å². The summed E-state index contributed by atoms with van der Waals surface area (Å²) in [5, 5.41) is 0. The van der Waals surface area contributed by atoms with Crippen molar-refractivity contribution in [2.24, 2.45) is 0 Å². The lowest BCUT2D eigenvalue weighted by Crippen LogP contribution is -2.35. The van der Waals surface area contributed by atoms with E-state index < -0.39 is 18.2 Å². The van der Waals surface area contributed by atoms with Gasteiger partial charge in [-0.15, -0.1) is 0 Å². The summed E-state index contributed by atoms with van der Waals surface area (Å²) >= 11 is 0. The van der Waals surface area contributed by atoms with Crippen LogP contribution in [0.25, 0.3) is 0 Å². The van der Waals surface area contributed by atoms with Gasteiger partial charge in [0.15, 0.2) is 17.6 Å². The Morgan fingerprint density at radius 3 is 1.98 bits per heavy atom. The lowest BCUT2D eigenvalue weighted by molar-refractivity contribution is -0.152. The minimum absolute atomic E-state index is 0.224. The Morgan fingerprint density at radius 1 is 0.667 bits per heavy atom. The van der Waals surface area contributed by atoms with Crippen molar-refractivity contribution in [3.05, 3.63) is 94.5 Å². The van der Waals surface area contributed by atoms with Gasteiger partial charge in [0.25, 0.3) is 0 Å². The number of hydrogen-bond acceptors (Lipinski definition) is 10. The molecule has 6 rings (SSSR count). The molecule has 10 nitrogen and oxygen atoms in total. The number of carbonyl (C=O) groups is 1. The van der Waals surface area contributed by atoms with E-state index in [2.05, 4.69) is 0 Å². The van der Waals surface area contributed by atoms with Crippen molar-refractivity contribution in [2.75, 3.05) is 42.7 Å². The molecule has 2 aliphatic heterocycles. The minimum atomic E-state index is -0.677. The first kappa shape index (κ1) is 32.7. The molecular weight excluding hydrogens is 616 g/mol. The largest absolute Gasteiger partial charge is 0.497 e. The van der Waals surface area contributed by atoms with Gasteiger partial charge in [-0.1, -0.05) is 24.3 Å². The van der Waals surface area contributed by atoms with Crippen molar-refractivity contribution in [3.8, 4) is 46.0 Å². The Kier molecular flexibility index (Phi) is 9.43. The van der Waals surface area contributed by atoms with Crippen LogP contribution in [-0.4, -0.2) is 54.7 Å². The predicted octanol–water partition coefficient (Wildman–Crippen LogP) is 7.00. The van der Waals surface area contributed by atoms with Crippen molar-refractivity contribution < 1.29 is 47.4 Å². The molecule has 2 aliphatic rings. The van der Waals surface area contributed by atoms with E-state index in [-0.39, 0.29) is 12.0 Å². The molecule has 2 heterocycles. The maximum atomic E-state index is 12.4. The molecule has 252 valence electrons. The summed E-state index contributed by atoms with van der Waals surface area (Å²) in [5.41, 5.74) is 4.33. The van der Waals surface area contributed by atoms with Crippen LogP contribution in [0.4, 0.5) is 0 Å². The summed E-state index contributed by atoms with van der Waals surface area (Å²) < 4.78 is 53.6. The minimum Gasteiger partial charge on any atom is -0.497 e. The standard InChI is InChI=1S/C38H40O10/c1-21(39)46-35-19-28-31(43-5)20-34(45-7)36(38(28)48-37(35)23-10-15-29(42-4)33(16-23)44-6)27-18-30(22-8-11-24(40-2)12-9-22)47-32-17-25(41-3)13-14-26(27)32/h8-17,20,27,30,35,37H,18-19H2,1-7H3/t27-,30-,35+,37+/m0/s1. The number of carbonyl (C=O) groups excluding carboxylic acids is 1. The molecule has 0 aromatic heterocycles. The molecule has 0 saturated carbocycles. The van der Waals surface area contributed by atoms with Crippen molar-refractivity contribution in [3.63, 3.8) is 0 Å². The van der Waals surface area contributed by atoms with Gasteiger partial charge in [0.1, 0.15) is 46.7 Å². The molecule has 0 spiro atoms. The highest BCUT2D eigenvalue weighted by Crippen LogP contribution is 2.55. The molecule has 4 aromatic rings. The number of rotatable bonds is 10. The van der Waals surface area contributed by atoms with Crippen LogP contribution in [0.3, 0.4) is 0 Å². The normalized spacial score (nSPS) is 19.4. The molecule has 0 amide bonds. The molecule has 0 aliphatic carbocycles. The fraction of sp³-hybridized carbons (Fsp3) is 0.342. The zero-order chi connectivity index (χ0) is 33.9. The van der Waals surface area contributed by atoms with Crippen molar-refractivity contribution in [1.82, 2.24) is 0 Å². The summed E-state index contributed by atoms with van der Waals surface area (Å²) in [7, 11) is 9.67. The van der Waals surface area contributed by atoms with Crippen LogP contribution >= 0.6 is 0 Å². The number of ether oxygens (including phenoxy) is 9. The zero-order valence-electron chi connectivity index (χ0n) is 28.2. The number of fused-ring (bicyclic) bond motifs is 2. The molecule has 10 heteroatoms. The first-order chi connectivity index (χ1) is 23.3. The summed E-state index contributed by atoms with van der Waals surface area (Å²) in [6, 6.07) is 21.2. The average molecular weight is 657 g/mol. The molecular formula is C38H40O10. The lowest BCUT2D eigenvalue weighted by atomic mass is 9.79. The molecule has 0 unspecified atom stereocenters. The second-order valence-corrected chi connectivity index (χ2v) is 11.6. The predicted molar refractivity (Wildman–Crippen MR) is 178 cm³/mol. The molecule has 4 aromatic carbocycles. The second kappa shape index (κ2) is 13.9. The third kappa shape index (κ3) is 6.10. The summed E-state index contributed by atoms with van der Waals surface area (Å²) in [4.78, 5) is 12.4. The molecule has 0 saturated heterocycles. The lowest BCUT2D eigenvalue weighted by Gasteiger charge is -2.39. The molecule has 0 radical (unpaired) electrons. The highest BCUT2D eigenvalue weighted by molar-refractivity contribution is 5.67. The van der Waals surface area contributed by atoms with Crippen LogP contribution in [0.2, 0.25) is 0 Å². The van der Waals surface area contributed by atoms with E-state index in [4.69, 9.17) is 42.6 Å². The van der Waals surface area contributed by atoms with Crippen molar-refractivity contribution in [1.29, 1.82) is 0 Å². The van der Waals surface area contributed by atoms with Crippen LogP contribution in [0.1, 0.15) is 59.3 Å². The van der Waals surface area contributed by atoms with Gasteiger partial charge < -0.3 is 42.6 Å². The van der Waals surface area contributed by atoms with Gasteiger partial charge in [0.05, 0.1) is 42.7 Å². The van der Waals surface area contributed by atoms with Crippen LogP contribution < -0.4 is 37.9 Å². The third-order valence-corrected chi connectivity index (χ3v) is 8.98. The van der Waals surface area contributed by atoms with Crippen LogP contribution in [0.15, 0.2) is 66.7 Å². The summed E-state index contributed by atoms with van der Waals surface area (Å²) in [5.74, 6) is 4.38. The smallest absolute Gasteiger partial charge is 0.303 e. The molecule has 4 atom stereocenters. The highest BCUT2D eigenvalue weighted by atomic mass is 16.6. The Balaban J connectivity index is 1.54. The van der Waals surface area contributed by atoms with Gasteiger partial charge in [0.2, 0.25) is 0 Å². The Hall–Kier alpha value is -5.25. The fourth-order valence-electron chi connectivity index (χ4n) is 6.69. The van der Waals surface area contributed by atoms with Crippen LogP contribution in [0, 0.1) is 0 Å². The second-order valence-electron chi connectivity index (χ2n) is 11.6. The summed E-state index contributed by atoms with van der Waals surface area (Å²) in [6.07, 6.45) is -0.708. The zero-order valence-corrected chi connectivity index (χ0v) is 28.2. The van der Waals surface area contributed by atoms with Crippen LogP contribution in [0.5, 0.6) is 46.0 Å². The van der Waals surface area contributed by atoms with E-state index in [0.29, 0.717) is 53.1 Å². The molecule has 0 bridgehead atoms. The summed E-state index contributed by atoms with van der Waals surface area (Å²) in [6.45, 7) is 1.39. The van der Waals surface area contributed by atoms with E-state index in [0.717, 1.165) is 33.6 Å². The quantitative estimate of drug-likeness (QED) is 0.166. The fourth-order valence-corrected chi connectivity index (χ4v) is 6.69. The highest BCUT2D eigenvalue weighted by Gasteiger charge is 2.42. The SMILES string of the molecule is COc1ccc([C@@H]2C[C@H](c3c(OC)cc(OC)c4c3O[C@H](c3ccc(OC)c(OC)c3)[C@H](OC(C)=O)C4)c3ccc(OC)cc3O2)cc1. The van der Waals surface area contributed by atoms with Crippen molar-refractivity contribution >= 4 is 5.97 Å². The Bertz CT molecular complexity index is 1780. The molecule has 48 heavy (non-hydrogen) atoms. The van der Waals surface area contributed by atoms with Gasteiger partial charge in [0, 0.05) is 53.6 Å².